The Morgan fingerprint density at radius 1 is 1.26 bits per heavy atom. The summed E-state index contributed by atoms with van der Waals surface area (Å²) in [5.41, 5.74) is 2.32. The zero-order valence-electron chi connectivity index (χ0n) is 12.0. The molecule has 1 unspecified atom stereocenters. The van der Waals surface area contributed by atoms with Gasteiger partial charge in [-0.1, -0.05) is 31.2 Å². The van der Waals surface area contributed by atoms with Gasteiger partial charge in [0.25, 0.3) is 0 Å². The van der Waals surface area contributed by atoms with Gasteiger partial charge in [0.05, 0.1) is 6.10 Å². The molecule has 1 heterocycles. The number of nitrogens with zero attached hydrogens (tertiary/aromatic N) is 1. The largest absolute Gasteiger partial charge is 0.387 e. The number of aliphatic hydroxyl groups is 1. The fraction of sp³-hybridized carbons (Fsp3) is 0.625. The van der Waals surface area contributed by atoms with E-state index in [-0.39, 0.29) is 0 Å². The van der Waals surface area contributed by atoms with E-state index in [0.29, 0.717) is 12.6 Å². The molecule has 1 aromatic rings. The van der Waals surface area contributed by atoms with Crippen LogP contribution in [0.3, 0.4) is 0 Å². The molecular weight excluding hydrogens is 238 g/mol. The zero-order valence-corrected chi connectivity index (χ0v) is 12.0. The summed E-state index contributed by atoms with van der Waals surface area (Å²) in [4.78, 5) is 2.26. The molecule has 1 aromatic carbocycles. The van der Waals surface area contributed by atoms with E-state index in [9.17, 15) is 5.11 Å². The highest BCUT2D eigenvalue weighted by atomic mass is 16.5. The van der Waals surface area contributed by atoms with Gasteiger partial charge in [0, 0.05) is 25.8 Å². The van der Waals surface area contributed by atoms with Crippen LogP contribution in [-0.4, -0.2) is 42.9 Å². The summed E-state index contributed by atoms with van der Waals surface area (Å²) >= 11 is 0. The number of aliphatic hydroxyl groups excluding tert-OH is 1. The zero-order chi connectivity index (χ0) is 13.7. The lowest BCUT2D eigenvalue weighted by Gasteiger charge is -2.32. The Morgan fingerprint density at radius 2 is 1.89 bits per heavy atom. The van der Waals surface area contributed by atoms with E-state index < -0.39 is 6.10 Å². The third-order valence-corrected chi connectivity index (χ3v) is 4.05. The highest BCUT2D eigenvalue weighted by molar-refractivity contribution is 5.24. The molecule has 0 aromatic heterocycles. The minimum Gasteiger partial charge on any atom is -0.387 e. The normalized spacial score (nSPS) is 18.7. The summed E-state index contributed by atoms with van der Waals surface area (Å²) < 4.78 is 5.38. The molecular formula is C16H25NO2. The van der Waals surface area contributed by atoms with Crippen molar-refractivity contribution in [3.05, 3.63) is 35.4 Å². The second kappa shape index (κ2) is 7.04. The third-order valence-electron chi connectivity index (χ3n) is 4.05. The average molecular weight is 263 g/mol. The standard InChI is InChI=1S/C16H25NO2/c1-3-13-4-6-14(7-5-13)16(18)12-17(2)15-8-10-19-11-9-15/h4-7,15-16,18H,3,8-12H2,1-2H3. The minimum absolute atomic E-state index is 0.404. The van der Waals surface area contributed by atoms with E-state index in [4.69, 9.17) is 4.74 Å². The van der Waals surface area contributed by atoms with E-state index in [1.54, 1.807) is 0 Å². The molecule has 1 N–H and O–H groups in total. The van der Waals surface area contributed by atoms with Crippen LogP contribution in [0.5, 0.6) is 0 Å². The summed E-state index contributed by atoms with van der Waals surface area (Å²) in [7, 11) is 2.10. The maximum Gasteiger partial charge on any atom is 0.0916 e. The Morgan fingerprint density at radius 3 is 2.47 bits per heavy atom. The molecule has 106 valence electrons. The van der Waals surface area contributed by atoms with Crippen LogP contribution in [-0.2, 0) is 11.2 Å². The van der Waals surface area contributed by atoms with Crippen molar-refractivity contribution in [2.75, 3.05) is 26.8 Å². The summed E-state index contributed by atoms with van der Waals surface area (Å²) in [6.45, 7) is 4.52. The quantitative estimate of drug-likeness (QED) is 0.885. The average Bonchev–Trinajstić information content (AvgIpc) is 2.48. The predicted molar refractivity (Wildman–Crippen MR) is 77.3 cm³/mol. The smallest absolute Gasteiger partial charge is 0.0916 e. The summed E-state index contributed by atoms with van der Waals surface area (Å²) in [6, 6.07) is 8.83. The van der Waals surface area contributed by atoms with Gasteiger partial charge in [-0.25, -0.2) is 0 Å². The van der Waals surface area contributed by atoms with Gasteiger partial charge in [-0.15, -0.1) is 0 Å². The van der Waals surface area contributed by atoms with Gasteiger partial charge in [0.1, 0.15) is 0 Å². The highest BCUT2D eigenvalue weighted by Gasteiger charge is 2.20. The van der Waals surface area contributed by atoms with E-state index in [0.717, 1.165) is 38.0 Å². The van der Waals surface area contributed by atoms with Gasteiger partial charge in [0.2, 0.25) is 0 Å². The number of likely N-dealkylation sites (N-methyl/N-ethyl adjacent to an activating group) is 1. The molecule has 1 aliphatic rings. The Labute approximate surface area is 116 Å². The van der Waals surface area contributed by atoms with Crippen LogP contribution in [0, 0.1) is 0 Å². The highest BCUT2D eigenvalue weighted by Crippen LogP contribution is 2.19. The molecule has 0 aliphatic carbocycles. The Kier molecular flexibility index (Phi) is 5.37. The van der Waals surface area contributed by atoms with E-state index >= 15 is 0 Å². The van der Waals surface area contributed by atoms with Crippen molar-refractivity contribution in [1.29, 1.82) is 0 Å². The molecule has 3 heteroatoms. The third kappa shape index (κ3) is 4.03. The maximum absolute atomic E-state index is 10.3. The summed E-state index contributed by atoms with van der Waals surface area (Å²) in [5.74, 6) is 0. The van der Waals surface area contributed by atoms with Crippen LogP contribution >= 0.6 is 0 Å². The van der Waals surface area contributed by atoms with Crippen molar-refractivity contribution < 1.29 is 9.84 Å². The molecule has 1 aliphatic heterocycles. The van der Waals surface area contributed by atoms with Crippen LogP contribution in [0.2, 0.25) is 0 Å². The predicted octanol–water partition coefficient (Wildman–Crippen LogP) is 2.39. The topological polar surface area (TPSA) is 32.7 Å². The molecule has 1 fully saturated rings. The lowest BCUT2D eigenvalue weighted by Crippen LogP contribution is -2.38. The minimum atomic E-state index is -0.404. The number of rotatable bonds is 5. The number of hydrogen-bond donors (Lipinski definition) is 1. The first kappa shape index (κ1) is 14.5. The Balaban J connectivity index is 1.89. The van der Waals surface area contributed by atoms with Gasteiger partial charge in [-0.05, 0) is 37.4 Å². The van der Waals surface area contributed by atoms with Gasteiger partial charge in [0.15, 0.2) is 0 Å². The van der Waals surface area contributed by atoms with Crippen molar-refractivity contribution >= 4 is 0 Å². The lowest BCUT2D eigenvalue weighted by atomic mass is 10.0. The van der Waals surface area contributed by atoms with Crippen LogP contribution in [0.1, 0.15) is 37.0 Å². The first-order valence-corrected chi connectivity index (χ1v) is 7.25. The second-order valence-corrected chi connectivity index (χ2v) is 5.39. The summed E-state index contributed by atoms with van der Waals surface area (Å²) in [5, 5.41) is 10.3. The monoisotopic (exact) mass is 263 g/mol. The number of aryl methyl sites for hydroxylation is 1. The van der Waals surface area contributed by atoms with Gasteiger partial charge >= 0.3 is 0 Å². The fourth-order valence-electron chi connectivity index (χ4n) is 2.63. The molecule has 2 rings (SSSR count). The molecule has 3 nitrogen and oxygen atoms in total. The van der Waals surface area contributed by atoms with Crippen molar-refractivity contribution in [3.63, 3.8) is 0 Å². The van der Waals surface area contributed by atoms with Crippen LogP contribution in [0.25, 0.3) is 0 Å². The molecule has 1 atom stereocenters. The molecule has 19 heavy (non-hydrogen) atoms. The van der Waals surface area contributed by atoms with Crippen LogP contribution in [0.15, 0.2) is 24.3 Å². The van der Waals surface area contributed by atoms with E-state index in [1.165, 1.54) is 5.56 Å². The van der Waals surface area contributed by atoms with Crippen molar-refractivity contribution in [3.8, 4) is 0 Å². The first-order valence-electron chi connectivity index (χ1n) is 7.25. The van der Waals surface area contributed by atoms with Crippen molar-refractivity contribution in [1.82, 2.24) is 4.90 Å². The molecule has 0 amide bonds. The van der Waals surface area contributed by atoms with Crippen LogP contribution < -0.4 is 0 Å². The van der Waals surface area contributed by atoms with Crippen LogP contribution in [0.4, 0.5) is 0 Å². The summed E-state index contributed by atoms with van der Waals surface area (Å²) in [6.07, 6.45) is 2.77. The number of ether oxygens (including phenoxy) is 1. The Bertz CT molecular complexity index is 371. The molecule has 0 spiro atoms. The first-order chi connectivity index (χ1) is 9.20. The van der Waals surface area contributed by atoms with Crippen molar-refractivity contribution in [2.24, 2.45) is 0 Å². The number of hydrogen-bond acceptors (Lipinski definition) is 3. The van der Waals surface area contributed by atoms with Gasteiger partial charge in [-0.3, -0.25) is 0 Å². The molecule has 1 saturated heterocycles. The fourth-order valence-corrected chi connectivity index (χ4v) is 2.63. The molecule has 0 saturated carbocycles. The van der Waals surface area contributed by atoms with E-state index in [1.807, 2.05) is 12.1 Å². The van der Waals surface area contributed by atoms with Gasteiger partial charge < -0.3 is 14.7 Å². The number of benzene rings is 1. The lowest BCUT2D eigenvalue weighted by molar-refractivity contribution is 0.0253. The van der Waals surface area contributed by atoms with Gasteiger partial charge in [-0.2, -0.15) is 0 Å². The van der Waals surface area contributed by atoms with E-state index in [2.05, 4.69) is 31.0 Å². The molecule has 0 bridgehead atoms. The molecule has 0 radical (unpaired) electrons. The Hall–Kier alpha value is -0.900. The van der Waals surface area contributed by atoms with Crippen molar-refractivity contribution in [2.45, 2.75) is 38.3 Å². The second-order valence-electron chi connectivity index (χ2n) is 5.39. The maximum atomic E-state index is 10.3. The SMILES string of the molecule is CCc1ccc(C(O)CN(C)C2CCOCC2)cc1.